The van der Waals surface area contributed by atoms with E-state index in [2.05, 4.69) is 0 Å². The van der Waals surface area contributed by atoms with Crippen LogP contribution in [0.15, 0.2) is 36.4 Å². The van der Waals surface area contributed by atoms with Crippen LogP contribution in [0.1, 0.15) is 11.1 Å². The molecule has 1 N–H and O–H groups in total. The van der Waals surface area contributed by atoms with Gasteiger partial charge in [-0.25, -0.2) is 0 Å². The highest BCUT2D eigenvalue weighted by Crippen LogP contribution is 2.33. The normalized spacial score (nSPS) is 10.3. The smallest absolute Gasteiger partial charge is 0.161 e. The number of hydrogen-bond acceptors (Lipinski definition) is 3. The lowest BCUT2D eigenvalue weighted by molar-refractivity contribution is 0.282. The van der Waals surface area contributed by atoms with Gasteiger partial charge in [0.05, 0.1) is 20.8 Å². The maximum Gasteiger partial charge on any atom is 0.161 e. The van der Waals surface area contributed by atoms with Crippen molar-refractivity contribution >= 4 is 0 Å². The molecule has 3 nitrogen and oxygen atoms in total. The van der Waals surface area contributed by atoms with Gasteiger partial charge in [0, 0.05) is 0 Å². The average Bonchev–Trinajstić information content (AvgIpc) is 2.47. The van der Waals surface area contributed by atoms with Crippen LogP contribution in [0.25, 0.3) is 11.1 Å². The van der Waals surface area contributed by atoms with E-state index in [1.54, 1.807) is 14.2 Å². The second-order valence-electron chi connectivity index (χ2n) is 4.38. The van der Waals surface area contributed by atoms with Crippen molar-refractivity contribution in [1.29, 1.82) is 0 Å². The SMILES string of the molecule is COc1ccc(-c2cc(CO)ccc2C)cc1OC. The Kier molecular flexibility index (Phi) is 4.07. The van der Waals surface area contributed by atoms with Gasteiger partial charge in [0.15, 0.2) is 11.5 Å². The van der Waals surface area contributed by atoms with Gasteiger partial charge in [-0.3, -0.25) is 0 Å². The molecule has 0 aliphatic carbocycles. The van der Waals surface area contributed by atoms with E-state index in [4.69, 9.17) is 9.47 Å². The number of methoxy groups -OCH3 is 2. The summed E-state index contributed by atoms with van der Waals surface area (Å²) < 4.78 is 10.6. The Morgan fingerprint density at radius 2 is 1.68 bits per heavy atom. The maximum absolute atomic E-state index is 9.24. The van der Waals surface area contributed by atoms with Crippen molar-refractivity contribution < 1.29 is 14.6 Å². The molecular formula is C16H18O3. The van der Waals surface area contributed by atoms with E-state index in [9.17, 15) is 5.11 Å². The zero-order chi connectivity index (χ0) is 13.8. The van der Waals surface area contributed by atoms with Gasteiger partial charge >= 0.3 is 0 Å². The van der Waals surface area contributed by atoms with Crippen LogP contribution >= 0.6 is 0 Å². The van der Waals surface area contributed by atoms with Crippen molar-refractivity contribution in [2.24, 2.45) is 0 Å². The van der Waals surface area contributed by atoms with E-state index < -0.39 is 0 Å². The molecule has 0 saturated carbocycles. The van der Waals surface area contributed by atoms with E-state index in [1.807, 2.05) is 43.3 Å². The first-order chi connectivity index (χ1) is 9.19. The molecule has 3 heteroatoms. The summed E-state index contributed by atoms with van der Waals surface area (Å²) in [5.41, 5.74) is 4.19. The molecule has 2 aromatic rings. The minimum absolute atomic E-state index is 0.0422. The van der Waals surface area contributed by atoms with Gasteiger partial charge in [-0.1, -0.05) is 18.2 Å². The molecule has 19 heavy (non-hydrogen) atoms. The number of aryl methyl sites for hydroxylation is 1. The van der Waals surface area contributed by atoms with Crippen LogP contribution in [-0.4, -0.2) is 19.3 Å². The monoisotopic (exact) mass is 258 g/mol. The molecule has 0 amide bonds. The Hall–Kier alpha value is -2.00. The van der Waals surface area contributed by atoms with Crippen molar-refractivity contribution in [3.8, 4) is 22.6 Å². The highest BCUT2D eigenvalue weighted by atomic mass is 16.5. The third-order valence-electron chi connectivity index (χ3n) is 3.18. The number of hydrogen-bond donors (Lipinski definition) is 1. The first-order valence-corrected chi connectivity index (χ1v) is 6.12. The Balaban J connectivity index is 2.52. The lowest BCUT2D eigenvalue weighted by Gasteiger charge is -2.12. The molecule has 0 spiro atoms. The van der Waals surface area contributed by atoms with Crippen molar-refractivity contribution in [2.75, 3.05) is 14.2 Å². The van der Waals surface area contributed by atoms with Crippen LogP contribution in [0, 0.1) is 6.92 Å². The summed E-state index contributed by atoms with van der Waals surface area (Å²) in [4.78, 5) is 0. The molecule has 0 aliphatic heterocycles. The molecule has 100 valence electrons. The molecule has 2 rings (SSSR count). The molecule has 0 fully saturated rings. The van der Waals surface area contributed by atoms with Gasteiger partial charge in [-0.2, -0.15) is 0 Å². The molecule has 0 bridgehead atoms. The van der Waals surface area contributed by atoms with Gasteiger partial charge in [0.2, 0.25) is 0 Å². The summed E-state index contributed by atoms with van der Waals surface area (Å²) in [6.45, 7) is 2.09. The molecule has 0 heterocycles. The van der Waals surface area contributed by atoms with Gasteiger partial charge in [0.1, 0.15) is 0 Å². The zero-order valence-electron chi connectivity index (χ0n) is 11.4. The van der Waals surface area contributed by atoms with E-state index >= 15 is 0 Å². The van der Waals surface area contributed by atoms with Gasteiger partial charge < -0.3 is 14.6 Å². The Morgan fingerprint density at radius 3 is 2.32 bits per heavy atom. The second kappa shape index (κ2) is 5.76. The van der Waals surface area contributed by atoms with Crippen LogP contribution in [0.4, 0.5) is 0 Å². The van der Waals surface area contributed by atoms with E-state index in [0.717, 1.165) is 22.3 Å². The fourth-order valence-electron chi connectivity index (χ4n) is 2.08. The van der Waals surface area contributed by atoms with Crippen molar-refractivity contribution in [3.63, 3.8) is 0 Å². The summed E-state index contributed by atoms with van der Waals surface area (Å²) in [7, 11) is 3.24. The Bertz CT molecular complexity index is 576. The highest BCUT2D eigenvalue weighted by Gasteiger charge is 2.08. The molecule has 0 aromatic heterocycles. The third kappa shape index (κ3) is 2.71. The summed E-state index contributed by atoms with van der Waals surface area (Å²) in [6.07, 6.45) is 0. The number of benzene rings is 2. The number of ether oxygens (including phenoxy) is 2. The molecule has 0 unspecified atom stereocenters. The molecule has 0 aliphatic rings. The first-order valence-electron chi connectivity index (χ1n) is 6.12. The fraction of sp³-hybridized carbons (Fsp3) is 0.250. The number of aliphatic hydroxyl groups is 1. The fourth-order valence-corrected chi connectivity index (χ4v) is 2.08. The van der Waals surface area contributed by atoms with E-state index in [1.165, 1.54) is 0 Å². The maximum atomic E-state index is 9.24. The minimum Gasteiger partial charge on any atom is -0.493 e. The van der Waals surface area contributed by atoms with Gasteiger partial charge in [-0.05, 0) is 47.4 Å². The van der Waals surface area contributed by atoms with Crippen molar-refractivity contribution in [2.45, 2.75) is 13.5 Å². The van der Waals surface area contributed by atoms with Crippen LogP contribution in [0.2, 0.25) is 0 Å². The van der Waals surface area contributed by atoms with E-state index in [0.29, 0.717) is 11.5 Å². The lowest BCUT2D eigenvalue weighted by Crippen LogP contribution is -1.92. The Labute approximate surface area is 113 Å². The summed E-state index contributed by atoms with van der Waals surface area (Å²) >= 11 is 0. The predicted octanol–water partition coefficient (Wildman–Crippen LogP) is 3.17. The van der Waals surface area contributed by atoms with Crippen molar-refractivity contribution in [3.05, 3.63) is 47.5 Å². The van der Waals surface area contributed by atoms with Crippen molar-refractivity contribution in [1.82, 2.24) is 0 Å². The number of rotatable bonds is 4. The summed E-state index contributed by atoms with van der Waals surface area (Å²) in [6, 6.07) is 11.8. The summed E-state index contributed by atoms with van der Waals surface area (Å²) in [5, 5.41) is 9.24. The Morgan fingerprint density at radius 1 is 0.947 bits per heavy atom. The zero-order valence-corrected chi connectivity index (χ0v) is 11.4. The molecule has 2 aromatic carbocycles. The predicted molar refractivity (Wildman–Crippen MR) is 75.6 cm³/mol. The average molecular weight is 258 g/mol. The van der Waals surface area contributed by atoms with Crippen LogP contribution in [0.5, 0.6) is 11.5 Å². The van der Waals surface area contributed by atoms with Gasteiger partial charge in [0.25, 0.3) is 0 Å². The molecule has 0 radical (unpaired) electrons. The highest BCUT2D eigenvalue weighted by molar-refractivity contribution is 5.70. The van der Waals surface area contributed by atoms with Gasteiger partial charge in [-0.15, -0.1) is 0 Å². The lowest BCUT2D eigenvalue weighted by atomic mass is 9.98. The van der Waals surface area contributed by atoms with E-state index in [-0.39, 0.29) is 6.61 Å². The topological polar surface area (TPSA) is 38.7 Å². The third-order valence-corrected chi connectivity index (χ3v) is 3.18. The first kappa shape index (κ1) is 13.4. The number of aliphatic hydroxyl groups excluding tert-OH is 1. The molecule has 0 atom stereocenters. The molecule has 0 saturated heterocycles. The standard InChI is InChI=1S/C16H18O3/c1-11-4-5-12(10-17)8-14(11)13-6-7-15(18-2)16(9-13)19-3/h4-9,17H,10H2,1-3H3. The minimum atomic E-state index is 0.0422. The quantitative estimate of drug-likeness (QED) is 0.915. The van der Waals surface area contributed by atoms with Crippen LogP contribution < -0.4 is 9.47 Å². The largest absolute Gasteiger partial charge is 0.493 e. The van der Waals surface area contributed by atoms with Crippen LogP contribution in [-0.2, 0) is 6.61 Å². The second-order valence-corrected chi connectivity index (χ2v) is 4.38. The molecular weight excluding hydrogens is 240 g/mol. The van der Waals surface area contributed by atoms with Crippen LogP contribution in [0.3, 0.4) is 0 Å². The summed E-state index contributed by atoms with van der Waals surface area (Å²) in [5.74, 6) is 1.41.